The number of halogens is 2. The minimum atomic E-state index is -0.530. The van der Waals surface area contributed by atoms with E-state index in [-0.39, 0.29) is 36.2 Å². The number of carbonyl (C=O) groups excluding carboxylic acids is 4. The molecule has 0 spiro atoms. The van der Waals surface area contributed by atoms with Crippen LogP contribution in [0.25, 0.3) is 0 Å². The van der Waals surface area contributed by atoms with Gasteiger partial charge in [-0.05, 0) is 109 Å². The molecule has 2 amide bonds. The van der Waals surface area contributed by atoms with Gasteiger partial charge in [-0.25, -0.2) is 20.4 Å². The molecule has 0 aromatic heterocycles. The highest BCUT2D eigenvalue weighted by Crippen LogP contribution is 2.30. The molecular formula is C36H32Br2N4O8. The number of hydrogen-bond donors (Lipinski definition) is 2. The third-order valence-electron chi connectivity index (χ3n) is 6.80. The van der Waals surface area contributed by atoms with Crippen LogP contribution < -0.4 is 29.8 Å². The molecule has 4 aromatic rings. The number of esters is 2. The van der Waals surface area contributed by atoms with Crippen LogP contribution in [0.2, 0.25) is 0 Å². The van der Waals surface area contributed by atoms with Crippen LogP contribution in [0.5, 0.6) is 23.0 Å². The molecule has 2 N–H and O–H groups in total. The summed E-state index contributed by atoms with van der Waals surface area (Å²) in [6, 6.07) is 23.3. The van der Waals surface area contributed by atoms with Crippen molar-refractivity contribution < 1.29 is 38.1 Å². The first kappa shape index (κ1) is 37.5. The van der Waals surface area contributed by atoms with Gasteiger partial charge in [-0.1, -0.05) is 31.9 Å². The van der Waals surface area contributed by atoms with Crippen LogP contribution in [0, 0.1) is 0 Å². The SMILES string of the molecule is COc1cc(C=NNC(=O)CCCCC(=O)NN=Cc2ccc(OC(=O)c3ccc(Br)cc3)c(OC)c2)ccc1OC(=O)c1ccc(Br)cc1. The van der Waals surface area contributed by atoms with E-state index in [0.717, 1.165) is 8.95 Å². The number of hydrogen-bond acceptors (Lipinski definition) is 10. The average Bonchev–Trinajstić information content (AvgIpc) is 3.11. The van der Waals surface area contributed by atoms with Gasteiger partial charge in [-0.15, -0.1) is 0 Å². The minimum absolute atomic E-state index is 0.167. The summed E-state index contributed by atoms with van der Waals surface area (Å²) in [5.41, 5.74) is 6.90. The summed E-state index contributed by atoms with van der Waals surface area (Å²) in [5, 5.41) is 7.94. The Kier molecular flexibility index (Phi) is 14.2. The second-order valence-corrected chi connectivity index (χ2v) is 12.2. The number of rotatable bonds is 15. The lowest BCUT2D eigenvalue weighted by Gasteiger charge is -2.10. The van der Waals surface area contributed by atoms with Gasteiger partial charge in [0.2, 0.25) is 11.8 Å². The molecule has 4 rings (SSSR count). The molecule has 0 fully saturated rings. The van der Waals surface area contributed by atoms with E-state index >= 15 is 0 Å². The molecule has 0 saturated carbocycles. The number of benzene rings is 4. The minimum Gasteiger partial charge on any atom is -0.493 e. The number of nitrogens with one attached hydrogen (secondary N) is 2. The van der Waals surface area contributed by atoms with E-state index in [0.29, 0.717) is 46.6 Å². The molecule has 14 heteroatoms. The van der Waals surface area contributed by atoms with Gasteiger partial charge in [0.1, 0.15) is 0 Å². The van der Waals surface area contributed by atoms with Gasteiger partial charge < -0.3 is 18.9 Å². The summed E-state index contributed by atoms with van der Waals surface area (Å²) in [6.07, 6.45) is 4.13. The first-order valence-electron chi connectivity index (χ1n) is 15.1. The van der Waals surface area contributed by atoms with Crippen molar-refractivity contribution in [3.63, 3.8) is 0 Å². The van der Waals surface area contributed by atoms with Crippen LogP contribution >= 0.6 is 31.9 Å². The molecular weight excluding hydrogens is 776 g/mol. The predicted molar refractivity (Wildman–Crippen MR) is 194 cm³/mol. The molecule has 50 heavy (non-hydrogen) atoms. The third kappa shape index (κ3) is 11.7. The first-order chi connectivity index (χ1) is 24.1. The molecule has 0 aliphatic carbocycles. The van der Waals surface area contributed by atoms with Crippen molar-refractivity contribution in [3.8, 4) is 23.0 Å². The molecule has 0 atom stereocenters. The maximum atomic E-state index is 12.5. The Labute approximate surface area is 305 Å². The molecule has 0 bridgehead atoms. The van der Waals surface area contributed by atoms with E-state index < -0.39 is 11.9 Å². The fourth-order valence-corrected chi connectivity index (χ4v) is 4.76. The number of ether oxygens (including phenoxy) is 4. The third-order valence-corrected chi connectivity index (χ3v) is 7.86. The largest absolute Gasteiger partial charge is 0.493 e. The molecule has 0 aliphatic heterocycles. The Balaban J connectivity index is 1.15. The first-order valence-corrected chi connectivity index (χ1v) is 16.7. The summed E-state index contributed by atoms with van der Waals surface area (Å²) in [6.45, 7) is 0. The Hall–Kier alpha value is -5.34. The fourth-order valence-electron chi connectivity index (χ4n) is 4.23. The zero-order valence-electron chi connectivity index (χ0n) is 27.0. The number of methoxy groups -OCH3 is 2. The van der Waals surface area contributed by atoms with Crippen molar-refractivity contribution in [2.75, 3.05) is 14.2 Å². The van der Waals surface area contributed by atoms with Crippen molar-refractivity contribution in [3.05, 3.63) is 116 Å². The van der Waals surface area contributed by atoms with Gasteiger partial charge in [0.25, 0.3) is 0 Å². The van der Waals surface area contributed by atoms with Crippen LogP contribution in [0.15, 0.2) is 104 Å². The summed E-state index contributed by atoms with van der Waals surface area (Å²) in [7, 11) is 2.90. The molecule has 4 aromatic carbocycles. The zero-order valence-corrected chi connectivity index (χ0v) is 30.2. The number of unbranched alkanes of at least 4 members (excludes halogenated alkanes) is 1. The second kappa shape index (κ2) is 19.0. The van der Waals surface area contributed by atoms with E-state index in [4.69, 9.17) is 18.9 Å². The highest BCUT2D eigenvalue weighted by molar-refractivity contribution is 9.10. The lowest BCUT2D eigenvalue weighted by molar-refractivity contribution is -0.123. The van der Waals surface area contributed by atoms with Gasteiger partial charge in [-0.2, -0.15) is 10.2 Å². The standard InChI is InChI=1S/C36H32Br2N4O8/c1-47-31-19-23(7-17-29(31)49-35(45)25-9-13-27(37)14-10-25)21-39-41-33(43)5-3-4-6-34(44)42-40-22-24-8-18-30(32(20-24)48-2)50-36(46)26-11-15-28(38)16-12-26/h7-22H,3-6H2,1-2H3,(H,41,43)(H,42,44). The van der Waals surface area contributed by atoms with Gasteiger partial charge >= 0.3 is 11.9 Å². The highest BCUT2D eigenvalue weighted by Gasteiger charge is 2.14. The van der Waals surface area contributed by atoms with E-state index in [1.165, 1.54) is 26.6 Å². The maximum Gasteiger partial charge on any atom is 0.343 e. The molecule has 0 radical (unpaired) electrons. The Morgan fingerprint density at radius 3 is 1.32 bits per heavy atom. The molecule has 0 heterocycles. The highest BCUT2D eigenvalue weighted by atomic mass is 79.9. The smallest absolute Gasteiger partial charge is 0.343 e. The maximum absolute atomic E-state index is 12.5. The summed E-state index contributed by atoms with van der Waals surface area (Å²) in [4.78, 5) is 49.3. The monoisotopic (exact) mass is 806 g/mol. The van der Waals surface area contributed by atoms with E-state index in [9.17, 15) is 19.2 Å². The average molecular weight is 808 g/mol. The molecule has 258 valence electrons. The Morgan fingerprint density at radius 2 is 0.960 bits per heavy atom. The van der Waals surface area contributed by atoms with Crippen molar-refractivity contribution in [1.82, 2.24) is 10.9 Å². The number of nitrogens with zero attached hydrogens (tertiary/aromatic N) is 2. The lowest BCUT2D eigenvalue weighted by Crippen LogP contribution is -2.19. The van der Waals surface area contributed by atoms with E-state index in [1.807, 2.05) is 0 Å². The molecule has 0 saturated heterocycles. The van der Waals surface area contributed by atoms with E-state index in [1.54, 1.807) is 84.9 Å². The predicted octanol–water partition coefficient (Wildman–Crippen LogP) is 6.83. The second-order valence-electron chi connectivity index (χ2n) is 10.4. The zero-order chi connectivity index (χ0) is 35.9. The quantitative estimate of drug-likeness (QED) is 0.0436. The number of carbonyl (C=O) groups is 4. The van der Waals surface area contributed by atoms with Crippen molar-refractivity contribution in [2.45, 2.75) is 25.7 Å². The lowest BCUT2D eigenvalue weighted by atomic mass is 10.2. The van der Waals surface area contributed by atoms with Crippen molar-refractivity contribution in [2.24, 2.45) is 10.2 Å². The fraction of sp³-hybridized carbons (Fsp3) is 0.167. The number of hydrazone groups is 2. The van der Waals surface area contributed by atoms with Crippen molar-refractivity contribution in [1.29, 1.82) is 0 Å². The van der Waals surface area contributed by atoms with Crippen LogP contribution in [-0.4, -0.2) is 50.4 Å². The normalized spacial score (nSPS) is 10.9. The van der Waals surface area contributed by atoms with Gasteiger partial charge in [-0.3, -0.25) is 9.59 Å². The van der Waals surface area contributed by atoms with Crippen LogP contribution in [0.3, 0.4) is 0 Å². The number of amides is 2. The Bertz CT molecular complexity index is 1740. The molecule has 0 unspecified atom stereocenters. The van der Waals surface area contributed by atoms with Crippen LogP contribution in [-0.2, 0) is 9.59 Å². The van der Waals surface area contributed by atoms with Crippen LogP contribution in [0.1, 0.15) is 57.5 Å². The van der Waals surface area contributed by atoms with Crippen molar-refractivity contribution >= 4 is 68.0 Å². The Morgan fingerprint density at radius 1 is 0.580 bits per heavy atom. The topological polar surface area (TPSA) is 154 Å². The van der Waals surface area contributed by atoms with Crippen LogP contribution in [0.4, 0.5) is 0 Å². The van der Waals surface area contributed by atoms with Gasteiger partial charge in [0, 0.05) is 21.8 Å². The molecule has 0 aliphatic rings. The summed E-state index contributed by atoms with van der Waals surface area (Å²) >= 11 is 6.66. The van der Waals surface area contributed by atoms with E-state index in [2.05, 4.69) is 52.9 Å². The summed E-state index contributed by atoms with van der Waals surface area (Å²) in [5.74, 6) is -0.567. The van der Waals surface area contributed by atoms with Gasteiger partial charge in [0.15, 0.2) is 23.0 Å². The summed E-state index contributed by atoms with van der Waals surface area (Å²) < 4.78 is 23.3. The molecule has 12 nitrogen and oxygen atoms in total. The van der Waals surface area contributed by atoms with Gasteiger partial charge in [0.05, 0.1) is 37.8 Å².